The highest BCUT2D eigenvalue weighted by molar-refractivity contribution is 9.10. The summed E-state index contributed by atoms with van der Waals surface area (Å²) in [6.45, 7) is 2.04. The van der Waals surface area contributed by atoms with Crippen LogP contribution < -0.4 is 30.3 Å². The lowest BCUT2D eigenvalue weighted by atomic mass is 10.1. The molecule has 0 atom stereocenters. The Kier molecular flexibility index (Phi) is 10.9. The zero-order chi connectivity index (χ0) is 28.2. The minimum Gasteiger partial charge on any atom is -0.493 e. The molecule has 0 radical (unpaired) electrons. The van der Waals surface area contributed by atoms with Crippen molar-refractivity contribution in [3.8, 4) is 17.2 Å². The lowest BCUT2D eigenvalue weighted by molar-refractivity contribution is -0.139. The topological polar surface area (TPSA) is 127 Å². The number of halogens is 1. The molecule has 0 unspecified atom stereocenters. The third-order valence-corrected chi connectivity index (χ3v) is 6.31. The largest absolute Gasteiger partial charge is 0.493 e. The van der Waals surface area contributed by atoms with Crippen LogP contribution in [-0.4, -0.2) is 51.3 Å². The van der Waals surface area contributed by atoms with Crippen LogP contribution in [0.15, 0.2) is 70.2 Å². The maximum absolute atomic E-state index is 12.1. The molecule has 3 rings (SSSR count). The van der Waals surface area contributed by atoms with E-state index < -0.39 is 11.8 Å². The fraction of sp³-hybridized carbons (Fsp3) is 0.214. The minimum atomic E-state index is -0.884. The number of carbonyl (C=O) groups is 3. The van der Waals surface area contributed by atoms with E-state index in [0.29, 0.717) is 34.9 Å². The molecule has 3 aromatic carbocycles. The molecular weight excluding hydrogens is 568 g/mol. The third-order valence-electron chi connectivity index (χ3n) is 5.42. The smallest absolute Gasteiger partial charge is 0.329 e. The van der Waals surface area contributed by atoms with Gasteiger partial charge in [0.05, 0.1) is 20.4 Å². The van der Waals surface area contributed by atoms with Crippen LogP contribution in [0.1, 0.15) is 16.7 Å². The molecule has 0 fully saturated rings. The van der Waals surface area contributed by atoms with Gasteiger partial charge in [0, 0.05) is 16.7 Å². The normalized spacial score (nSPS) is 10.6. The Bertz CT molecular complexity index is 1340. The van der Waals surface area contributed by atoms with E-state index in [-0.39, 0.29) is 19.1 Å². The van der Waals surface area contributed by atoms with Crippen LogP contribution in [0, 0.1) is 6.92 Å². The third kappa shape index (κ3) is 9.15. The summed E-state index contributed by atoms with van der Waals surface area (Å²) in [7, 11) is 3.10. The zero-order valence-corrected chi connectivity index (χ0v) is 23.3. The molecule has 3 aromatic rings. The second-order valence-electron chi connectivity index (χ2n) is 8.26. The molecule has 0 bridgehead atoms. The van der Waals surface area contributed by atoms with Crippen molar-refractivity contribution in [2.75, 3.05) is 32.7 Å². The number of benzene rings is 3. The van der Waals surface area contributed by atoms with Crippen molar-refractivity contribution in [2.24, 2.45) is 5.10 Å². The van der Waals surface area contributed by atoms with E-state index in [2.05, 4.69) is 37.1 Å². The van der Waals surface area contributed by atoms with Crippen LogP contribution in [0.4, 0.5) is 5.69 Å². The molecule has 0 aliphatic carbocycles. The van der Waals surface area contributed by atoms with Crippen molar-refractivity contribution >= 4 is 45.6 Å². The molecule has 0 spiro atoms. The number of nitrogens with one attached hydrogen (secondary N) is 3. The number of amides is 3. The van der Waals surface area contributed by atoms with Gasteiger partial charge in [-0.1, -0.05) is 22.0 Å². The average Bonchev–Trinajstić information content (AvgIpc) is 2.94. The standard InChI is InChI=1S/C28H29BrN4O6/c1-18-14-21(7-10-23(18)29)32-26(34)17-39-22-8-4-20(5-9-22)16-31-33-28(36)27(35)30-13-12-19-6-11-24(37-2)25(15-19)38-3/h4-11,14-16H,12-13,17H2,1-3H3,(H,30,35)(H,32,34)(H,33,36)/b31-16-. The van der Waals surface area contributed by atoms with E-state index in [4.69, 9.17) is 14.2 Å². The number of hydrogen-bond acceptors (Lipinski definition) is 7. The molecule has 3 N–H and O–H groups in total. The Morgan fingerprint density at radius 3 is 2.36 bits per heavy atom. The van der Waals surface area contributed by atoms with E-state index in [9.17, 15) is 14.4 Å². The van der Waals surface area contributed by atoms with Gasteiger partial charge in [0.15, 0.2) is 18.1 Å². The summed E-state index contributed by atoms with van der Waals surface area (Å²) in [5.74, 6) is -0.275. The summed E-state index contributed by atoms with van der Waals surface area (Å²) in [4.78, 5) is 36.2. The highest BCUT2D eigenvalue weighted by atomic mass is 79.9. The Morgan fingerprint density at radius 2 is 1.67 bits per heavy atom. The van der Waals surface area contributed by atoms with E-state index in [1.54, 1.807) is 50.6 Å². The SMILES string of the molecule is COc1ccc(CCNC(=O)C(=O)N/N=C\c2ccc(OCC(=O)Nc3ccc(Br)c(C)c3)cc2)cc1OC. The van der Waals surface area contributed by atoms with E-state index in [1.165, 1.54) is 6.21 Å². The number of anilines is 1. The summed E-state index contributed by atoms with van der Waals surface area (Å²) < 4.78 is 16.9. The highest BCUT2D eigenvalue weighted by Crippen LogP contribution is 2.27. The van der Waals surface area contributed by atoms with Crippen molar-refractivity contribution in [3.05, 3.63) is 81.8 Å². The number of hydrazone groups is 1. The van der Waals surface area contributed by atoms with E-state index in [0.717, 1.165) is 15.6 Å². The number of methoxy groups -OCH3 is 2. The van der Waals surface area contributed by atoms with Crippen molar-refractivity contribution in [1.82, 2.24) is 10.7 Å². The van der Waals surface area contributed by atoms with Crippen LogP contribution in [-0.2, 0) is 20.8 Å². The molecule has 0 aliphatic heterocycles. The first-order valence-electron chi connectivity index (χ1n) is 11.9. The Balaban J connectivity index is 1.38. The Labute approximate surface area is 234 Å². The van der Waals surface area contributed by atoms with Crippen LogP contribution >= 0.6 is 15.9 Å². The average molecular weight is 597 g/mol. The summed E-state index contributed by atoms with van der Waals surface area (Å²) in [6, 6.07) is 17.7. The van der Waals surface area contributed by atoms with Gasteiger partial charge in [0.25, 0.3) is 5.91 Å². The quantitative estimate of drug-likeness (QED) is 0.176. The number of aryl methyl sites for hydroxylation is 1. The molecule has 0 aliphatic rings. The second kappa shape index (κ2) is 14.5. The van der Waals surface area contributed by atoms with Gasteiger partial charge in [0.2, 0.25) is 0 Å². The van der Waals surface area contributed by atoms with Gasteiger partial charge in [-0.25, -0.2) is 5.43 Å². The van der Waals surface area contributed by atoms with Crippen molar-refractivity contribution in [3.63, 3.8) is 0 Å². The summed E-state index contributed by atoms with van der Waals surface area (Å²) in [6.07, 6.45) is 1.89. The molecule has 204 valence electrons. The predicted octanol–water partition coefficient (Wildman–Crippen LogP) is 3.60. The summed E-state index contributed by atoms with van der Waals surface area (Å²) in [5, 5.41) is 9.14. The number of carbonyl (C=O) groups excluding carboxylic acids is 3. The number of nitrogens with zero attached hydrogens (tertiary/aromatic N) is 1. The Hall–Kier alpha value is -4.38. The van der Waals surface area contributed by atoms with E-state index in [1.807, 2.05) is 31.2 Å². The molecule has 10 nitrogen and oxygen atoms in total. The first-order valence-corrected chi connectivity index (χ1v) is 12.7. The van der Waals surface area contributed by atoms with Gasteiger partial charge in [-0.2, -0.15) is 5.10 Å². The fourth-order valence-electron chi connectivity index (χ4n) is 3.37. The van der Waals surface area contributed by atoms with Gasteiger partial charge < -0.3 is 24.8 Å². The summed E-state index contributed by atoms with van der Waals surface area (Å²) >= 11 is 3.42. The Morgan fingerprint density at radius 1 is 0.923 bits per heavy atom. The molecule has 39 heavy (non-hydrogen) atoms. The van der Waals surface area contributed by atoms with E-state index >= 15 is 0 Å². The molecular formula is C28H29BrN4O6. The minimum absolute atomic E-state index is 0.153. The number of hydrogen-bond donors (Lipinski definition) is 3. The van der Waals surface area contributed by atoms with Gasteiger partial charge in [0.1, 0.15) is 5.75 Å². The molecule has 0 aromatic heterocycles. The molecule has 3 amide bonds. The maximum Gasteiger partial charge on any atom is 0.329 e. The zero-order valence-electron chi connectivity index (χ0n) is 21.7. The van der Waals surface area contributed by atoms with Crippen LogP contribution in [0.5, 0.6) is 17.2 Å². The predicted molar refractivity (Wildman–Crippen MR) is 151 cm³/mol. The molecule has 0 saturated heterocycles. The molecule has 0 heterocycles. The first-order chi connectivity index (χ1) is 18.8. The van der Waals surface area contributed by atoms with Gasteiger partial charge in [-0.3, -0.25) is 14.4 Å². The lowest BCUT2D eigenvalue weighted by Gasteiger charge is -2.10. The molecule has 11 heteroatoms. The first kappa shape index (κ1) is 29.2. The van der Waals surface area contributed by atoms with Crippen LogP contribution in [0.3, 0.4) is 0 Å². The van der Waals surface area contributed by atoms with Gasteiger partial charge in [-0.15, -0.1) is 0 Å². The fourth-order valence-corrected chi connectivity index (χ4v) is 3.62. The number of rotatable bonds is 11. The number of ether oxygens (including phenoxy) is 3. The van der Waals surface area contributed by atoms with Crippen molar-refractivity contribution in [1.29, 1.82) is 0 Å². The van der Waals surface area contributed by atoms with Crippen LogP contribution in [0.25, 0.3) is 0 Å². The van der Waals surface area contributed by atoms with Crippen molar-refractivity contribution < 1.29 is 28.6 Å². The van der Waals surface area contributed by atoms with Crippen LogP contribution in [0.2, 0.25) is 0 Å². The summed E-state index contributed by atoms with van der Waals surface area (Å²) in [5.41, 5.74) is 5.46. The lowest BCUT2D eigenvalue weighted by Crippen LogP contribution is -2.38. The second-order valence-corrected chi connectivity index (χ2v) is 9.12. The van der Waals surface area contributed by atoms with Gasteiger partial charge >= 0.3 is 11.8 Å². The van der Waals surface area contributed by atoms with Crippen molar-refractivity contribution in [2.45, 2.75) is 13.3 Å². The van der Waals surface area contributed by atoms with Gasteiger partial charge in [-0.05, 0) is 84.6 Å². The monoisotopic (exact) mass is 596 g/mol. The molecule has 0 saturated carbocycles. The highest BCUT2D eigenvalue weighted by Gasteiger charge is 2.12. The maximum atomic E-state index is 12.1.